The summed E-state index contributed by atoms with van der Waals surface area (Å²) in [4.78, 5) is 12.2. The van der Waals surface area contributed by atoms with Crippen molar-refractivity contribution in [3.8, 4) is 17.2 Å². The molecule has 0 aliphatic carbocycles. The van der Waals surface area contributed by atoms with Gasteiger partial charge in [0.15, 0.2) is 30.5 Å². The van der Waals surface area contributed by atoms with Crippen molar-refractivity contribution in [1.82, 2.24) is 5.32 Å². The van der Waals surface area contributed by atoms with Crippen LogP contribution in [0.2, 0.25) is 0 Å². The Balaban J connectivity index is 1.55. The van der Waals surface area contributed by atoms with Crippen LogP contribution in [0.1, 0.15) is 89.5 Å². The number of hydrogen-bond acceptors (Lipinski definition) is 4. The lowest BCUT2D eigenvalue weighted by molar-refractivity contribution is -0.671. The molecule has 6 heteroatoms. The van der Waals surface area contributed by atoms with Crippen LogP contribution in [0.5, 0.6) is 17.2 Å². The molecule has 37 heavy (non-hydrogen) atoms. The van der Waals surface area contributed by atoms with Gasteiger partial charge >= 0.3 is 0 Å². The molecule has 1 aromatic heterocycles. The minimum absolute atomic E-state index is 0.0576. The van der Waals surface area contributed by atoms with Crippen molar-refractivity contribution in [2.75, 3.05) is 26.9 Å². The van der Waals surface area contributed by atoms with Gasteiger partial charge in [0.05, 0.1) is 13.7 Å². The van der Waals surface area contributed by atoms with Crippen molar-refractivity contribution in [2.24, 2.45) is 7.05 Å². The van der Waals surface area contributed by atoms with Gasteiger partial charge in [-0.05, 0) is 31.0 Å². The summed E-state index contributed by atoms with van der Waals surface area (Å²) in [6, 6.07) is 9.54. The first-order valence-corrected chi connectivity index (χ1v) is 14.3. The summed E-state index contributed by atoms with van der Waals surface area (Å²) in [5, 5.41) is 2.90. The largest absolute Gasteiger partial charge is 0.493 e. The quantitative estimate of drug-likeness (QED) is 0.156. The average Bonchev–Trinajstić information content (AvgIpc) is 2.90. The van der Waals surface area contributed by atoms with E-state index >= 15 is 0 Å². The van der Waals surface area contributed by atoms with E-state index in [-0.39, 0.29) is 12.5 Å². The molecular weight excluding hydrogens is 464 g/mol. The molecule has 0 spiro atoms. The average molecular weight is 514 g/mol. The third-order valence-corrected chi connectivity index (χ3v) is 6.50. The molecule has 1 aromatic carbocycles. The molecule has 1 amide bonds. The van der Waals surface area contributed by atoms with E-state index in [1.165, 1.54) is 76.2 Å². The van der Waals surface area contributed by atoms with Crippen LogP contribution in [-0.2, 0) is 18.3 Å². The smallest absolute Gasteiger partial charge is 0.257 e. The molecular formula is C31H49N2O4+. The summed E-state index contributed by atoms with van der Waals surface area (Å²) in [5.41, 5.74) is 1.17. The highest BCUT2D eigenvalue weighted by atomic mass is 16.5. The highest BCUT2D eigenvalue weighted by Gasteiger charge is 2.10. The Bertz CT molecular complexity index is 887. The minimum Gasteiger partial charge on any atom is -0.493 e. The zero-order chi connectivity index (χ0) is 26.6. The van der Waals surface area contributed by atoms with Crippen molar-refractivity contribution in [3.63, 3.8) is 0 Å². The maximum Gasteiger partial charge on any atom is 0.257 e. The predicted molar refractivity (Wildman–Crippen MR) is 149 cm³/mol. The fourth-order valence-electron chi connectivity index (χ4n) is 4.33. The number of amides is 1. The molecule has 1 heterocycles. The molecule has 2 aromatic rings. The normalized spacial score (nSPS) is 10.8. The van der Waals surface area contributed by atoms with Crippen LogP contribution in [0.4, 0.5) is 0 Å². The van der Waals surface area contributed by atoms with Crippen molar-refractivity contribution >= 4 is 5.91 Å². The Labute approximate surface area is 224 Å². The van der Waals surface area contributed by atoms with Crippen molar-refractivity contribution in [3.05, 3.63) is 48.3 Å². The lowest BCUT2D eigenvalue weighted by atomic mass is 10.1. The van der Waals surface area contributed by atoms with E-state index in [4.69, 9.17) is 14.2 Å². The number of nitrogens with zero attached hydrogens (tertiary/aromatic N) is 1. The summed E-state index contributed by atoms with van der Waals surface area (Å²) in [6.07, 6.45) is 20.7. The SMILES string of the molecule is CCCCCCCCCCCCCCOc1ccc(OCC(=O)NCCc2ccc[n+](C)c2)c(OC)c1. The maximum absolute atomic E-state index is 12.2. The summed E-state index contributed by atoms with van der Waals surface area (Å²) in [5.74, 6) is 1.70. The second-order valence-corrected chi connectivity index (χ2v) is 9.82. The molecule has 2 rings (SSSR count). The number of hydrogen-bond donors (Lipinski definition) is 1. The fraction of sp³-hybridized carbons (Fsp3) is 0.613. The Morgan fingerprint density at radius 2 is 1.54 bits per heavy atom. The van der Waals surface area contributed by atoms with Crippen LogP contribution in [-0.4, -0.2) is 32.8 Å². The van der Waals surface area contributed by atoms with Crippen LogP contribution < -0.4 is 24.1 Å². The Hall–Kier alpha value is -2.76. The van der Waals surface area contributed by atoms with Gasteiger partial charge in [-0.25, -0.2) is 4.57 Å². The number of aryl methyl sites for hydroxylation is 1. The zero-order valence-electron chi connectivity index (χ0n) is 23.4. The second-order valence-electron chi connectivity index (χ2n) is 9.82. The number of carbonyl (C=O) groups excluding carboxylic acids is 1. The number of nitrogens with one attached hydrogen (secondary N) is 1. The molecule has 0 atom stereocenters. The van der Waals surface area contributed by atoms with Gasteiger partial charge in [-0.3, -0.25) is 4.79 Å². The van der Waals surface area contributed by atoms with E-state index in [0.29, 0.717) is 24.7 Å². The number of aromatic nitrogens is 1. The van der Waals surface area contributed by atoms with E-state index in [0.717, 1.165) is 18.6 Å². The van der Waals surface area contributed by atoms with Crippen molar-refractivity contribution < 1.29 is 23.6 Å². The molecule has 0 aliphatic heterocycles. The molecule has 0 aliphatic rings. The third kappa shape index (κ3) is 13.9. The topological polar surface area (TPSA) is 60.7 Å². The predicted octanol–water partition coefficient (Wildman–Crippen LogP) is 6.34. The van der Waals surface area contributed by atoms with Gasteiger partial charge < -0.3 is 19.5 Å². The van der Waals surface area contributed by atoms with Crippen LogP contribution in [0.15, 0.2) is 42.7 Å². The summed E-state index contributed by atoms with van der Waals surface area (Å²) < 4.78 is 19.0. The van der Waals surface area contributed by atoms with Crippen LogP contribution >= 0.6 is 0 Å². The summed E-state index contributed by atoms with van der Waals surface area (Å²) in [6.45, 7) is 3.47. The Kier molecular flexibility index (Phi) is 15.9. The van der Waals surface area contributed by atoms with E-state index in [2.05, 4.69) is 24.5 Å². The third-order valence-electron chi connectivity index (χ3n) is 6.50. The number of methoxy groups -OCH3 is 1. The van der Waals surface area contributed by atoms with Gasteiger partial charge in [0, 0.05) is 24.2 Å². The molecule has 1 N–H and O–H groups in total. The molecule has 0 fully saturated rings. The molecule has 0 bridgehead atoms. The van der Waals surface area contributed by atoms with Gasteiger partial charge in [-0.2, -0.15) is 0 Å². The Morgan fingerprint density at radius 1 is 0.865 bits per heavy atom. The number of pyridine rings is 1. The lowest BCUT2D eigenvalue weighted by Gasteiger charge is -2.13. The highest BCUT2D eigenvalue weighted by molar-refractivity contribution is 5.77. The summed E-state index contributed by atoms with van der Waals surface area (Å²) >= 11 is 0. The number of benzene rings is 1. The first-order valence-electron chi connectivity index (χ1n) is 14.3. The number of carbonyl (C=O) groups is 1. The van der Waals surface area contributed by atoms with Crippen LogP contribution in [0, 0.1) is 0 Å². The second kappa shape index (κ2) is 19.4. The minimum atomic E-state index is -0.158. The first kappa shape index (κ1) is 30.5. The lowest BCUT2D eigenvalue weighted by Crippen LogP contribution is -2.31. The number of ether oxygens (including phenoxy) is 3. The zero-order valence-corrected chi connectivity index (χ0v) is 23.4. The van der Waals surface area contributed by atoms with E-state index in [1.807, 2.05) is 36.0 Å². The van der Waals surface area contributed by atoms with Crippen LogP contribution in [0.3, 0.4) is 0 Å². The molecule has 0 radical (unpaired) electrons. The monoisotopic (exact) mass is 513 g/mol. The van der Waals surface area contributed by atoms with E-state index in [1.54, 1.807) is 13.2 Å². The number of rotatable bonds is 21. The molecule has 0 unspecified atom stereocenters. The molecule has 206 valence electrons. The fourth-order valence-corrected chi connectivity index (χ4v) is 4.33. The Morgan fingerprint density at radius 3 is 2.19 bits per heavy atom. The first-order chi connectivity index (χ1) is 18.1. The molecule has 0 saturated heterocycles. The van der Waals surface area contributed by atoms with Gasteiger partial charge in [0.2, 0.25) is 0 Å². The van der Waals surface area contributed by atoms with E-state index in [9.17, 15) is 4.79 Å². The van der Waals surface area contributed by atoms with Gasteiger partial charge in [-0.15, -0.1) is 0 Å². The van der Waals surface area contributed by atoms with Gasteiger partial charge in [0.25, 0.3) is 5.91 Å². The molecule has 0 saturated carbocycles. The van der Waals surface area contributed by atoms with E-state index < -0.39 is 0 Å². The standard InChI is InChI=1S/C31H48N2O4/c1-4-5-6-7-8-9-10-11-12-13-14-15-23-36-28-18-19-29(30(24-28)35-3)37-26-31(34)32-21-20-27-17-16-22-33(2)25-27/h16-19,22,24-25H,4-15,20-21,23,26H2,1-3H3/p+1. The highest BCUT2D eigenvalue weighted by Crippen LogP contribution is 2.31. The van der Waals surface area contributed by atoms with Gasteiger partial charge in [0.1, 0.15) is 12.8 Å². The van der Waals surface area contributed by atoms with Crippen molar-refractivity contribution in [1.29, 1.82) is 0 Å². The maximum atomic E-state index is 12.2. The van der Waals surface area contributed by atoms with Gasteiger partial charge in [-0.1, -0.05) is 77.6 Å². The molecule has 6 nitrogen and oxygen atoms in total. The summed E-state index contributed by atoms with van der Waals surface area (Å²) in [7, 11) is 3.58. The van der Waals surface area contributed by atoms with Crippen molar-refractivity contribution in [2.45, 2.75) is 90.4 Å². The number of unbranched alkanes of at least 4 members (excludes halogenated alkanes) is 11. The van der Waals surface area contributed by atoms with Crippen LogP contribution in [0.25, 0.3) is 0 Å².